The van der Waals surface area contributed by atoms with Crippen molar-refractivity contribution in [3.05, 3.63) is 78.5 Å². The average molecular weight is 375 g/mol. The van der Waals surface area contributed by atoms with Crippen LogP contribution in [0.15, 0.2) is 72.9 Å². The number of para-hydroxylation sites is 2. The lowest BCUT2D eigenvalue weighted by Crippen LogP contribution is -2.15. The van der Waals surface area contributed by atoms with Gasteiger partial charge in [0.2, 0.25) is 5.91 Å². The minimum atomic E-state index is -0.108. The predicted octanol–water partition coefficient (Wildman–Crippen LogP) is 5.36. The Kier molecular flexibility index (Phi) is 6.63. The molecule has 3 rings (SSSR count). The molecule has 0 aliphatic carbocycles. The Balaban J connectivity index is 1.51. The number of pyridine rings is 1. The van der Waals surface area contributed by atoms with Gasteiger partial charge in [0.15, 0.2) is 0 Å². The summed E-state index contributed by atoms with van der Waals surface area (Å²) in [5.41, 5.74) is 2.94. The monoisotopic (exact) mass is 375 g/mol. The highest BCUT2D eigenvalue weighted by molar-refractivity contribution is 5.90. The fourth-order valence-electron chi connectivity index (χ4n) is 2.80. The highest BCUT2D eigenvalue weighted by atomic mass is 16.5. The van der Waals surface area contributed by atoms with E-state index in [2.05, 4.69) is 35.5 Å². The molecule has 1 aromatic heterocycles. The van der Waals surface area contributed by atoms with Gasteiger partial charge in [0.1, 0.15) is 11.6 Å². The van der Waals surface area contributed by atoms with Crippen LogP contribution in [0.4, 0.5) is 17.2 Å². The molecule has 0 aliphatic rings. The second kappa shape index (κ2) is 9.55. The molecular weight excluding hydrogens is 350 g/mol. The SMILES string of the molecule is CC(C)c1ccccc1Nc1ccc(NC(=O)CCOc2ccccc2)cn1. The van der Waals surface area contributed by atoms with Crippen LogP contribution in [0.25, 0.3) is 0 Å². The van der Waals surface area contributed by atoms with E-state index in [0.29, 0.717) is 18.2 Å². The van der Waals surface area contributed by atoms with Gasteiger partial charge in [0.25, 0.3) is 0 Å². The second-order valence-electron chi connectivity index (χ2n) is 6.76. The number of nitrogens with one attached hydrogen (secondary N) is 2. The van der Waals surface area contributed by atoms with E-state index in [-0.39, 0.29) is 12.3 Å². The van der Waals surface area contributed by atoms with E-state index < -0.39 is 0 Å². The fraction of sp³-hybridized carbons (Fsp3) is 0.217. The third kappa shape index (κ3) is 5.58. The summed E-state index contributed by atoms with van der Waals surface area (Å²) in [6, 6.07) is 21.3. The van der Waals surface area contributed by atoms with E-state index in [1.165, 1.54) is 5.56 Å². The summed E-state index contributed by atoms with van der Waals surface area (Å²) in [5.74, 6) is 1.80. The number of carbonyl (C=O) groups is 1. The maximum Gasteiger partial charge on any atom is 0.227 e. The number of amides is 1. The van der Waals surface area contributed by atoms with Crippen molar-refractivity contribution in [2.24, 2.45) is 0 Å². The molecule has 0 saturated carbocycles. The summed E-state index contributed by atoms with van der Waals surface area (Å²) in [7, 11) is 0. The lowest BCUT2D eigenvalue weighted by molar-refractivity contribution is -0.116. The molecule has 0 saturated heterocycles. The van der Waals surface area contributed by atoms with Crippen LogP contribution in [-0.2, 0) is 4.79 Å². The molecule has 3 aromatic rings. The first-order valence-corrected chi connectivity index (χ1v) is 9.41. The largest absolute Gasteiger partial charge is 0.493 e. The van der Waals surface area contributed by atoms with Gasteiger partial charge in [-0.05, 0) is 41.8 Å². The van der Waals surface area contributed by atoms with Crippen LogP contribution in [0.1, 0.15) is 31.7 Å². The van der Waals surface area contributed by atoms with Crippen molar-refractivity contribution >= 4 is 23.1 Å². The van der Waals surface area contributed by atoms with Crippen LogP contribution >= 0.6 is 0 Å². The number of carbonyl (C=O) groups excluding carboxylic acids is 1. The molecule has 0 unspecified atom stereocenters. The summed E-state index contributed by atoms with van der Waals surface area (Å²) in [4.78, 5) is 16.5. The summed E-state index contributed by atoms with van der Waals surface area (Å²) < 4.78 is 5.54. The first-order chi connectivity index (χ1) is 13.6. The number of hydrogen-bond acceptors (Lipinski definition) is 4. The topological polar surface area (TPSA) is 63.2 Å². The Labute approximate surface area is 165 Å². The van der Waals surface area contributed by atoms with E-state index in [1.54, 1.807) is 6.20 Å². The quantitative estimate of drug-likeness (QED) is 0.557. The van der Waals surface area contributed by atoms with Gasteiger partial charge in [-0.25, -0.2) is 4.98 Å². The third-order valence-corrected chi connectivity index (χ3v) is 4.23. The van der Waals surface area contributed by atoms with Gasteiger partial charge >= 0.3 is 0 Å². The number of benzene rings is 2. The van der Waals surface area contributed by atoms with Gasteiger partial charge in [-0.2, -0.15) is 0 Å². The molecule has 144 valence electrons. The minimum absolute atomic E-state index is 0.108. The number of nitrogens with zero attached hydrogens (tertiary/aromatic N) is 1. The van der Waals surface area contributed by atoms with E-state index in [1.807, 2.05) is 60.7 Å². The molecule has 5 nitrogen and oxygen atoms in total. The molecule has 0 atom stereocenters. The molecule has 2 aromatic carbocycles. The van der Waals surface area contributed by atoms with Crippen molar-refractivity contribution in [3.8, 4) is 5.75 Å². The Morgan fingerprint density at radius 3 is 2.46 bits per heavy atom. The normalized spacial score (nSPS) is 10.5. The molecule has 1 heterocycles. The van der Waals surface area contributed by atoms with Gasteiger partial charge in [0, 0.05) is 5.69 Å². The smallest absolute Gasteiger partial charge is 0.227 e. The maximum atomic E-state index is 12.1. The van der Waals surface area contributed by atoms with Crippen LogP contribution in [0.2, 0.25) is 0 Å². The maximum absolute atomic E-state index is 12.1. The van der Waals surface area contributed by atoms with Crippen LogP contribution in [0, 0.1) is 0 Å². The number of ether oxygens (including phenoxy) is 1. The Morgan fingerprint density at radius 2 is 1.75 bits per heavy atom. The van der Waals surface area contributed by atoms with Gasteiger partial charge < -0.3 is 15.4 Å². The first kappa shape index (κ1) is 19.4. The summed E-state index contributed by atoms with van der Waals surface area (Å²) >= 11 is 0. The zero-order valence-electron chi connectivity index (χ0n) is 16.2. The Morgan fingerprint density at radius 1 is 1.00 bits per heavy atom. The third-order valence-electron chi connectivity index (χ3n) is 4.23. The fourth-order valence-corrected chi connectivity index (χ4v) is 2.80. The lowest BCUT2D eigenvalue weighted by atomic mass is 10.0. The minimum Gasteiger partial charge on any atom is -0.493 e. The highest BCUT2D eigenvalue weighted by Crippen LogP contribution is 2.26. The van der Waals surface area contributed by atoms with Crippen molar-refractivity contribution in [1.29, 1.82) is 0 Å². The van der Waals surface area contributed by atoms with Crippen LogP contribution in [0.5, 0.6) is 5.75 Å². The molecule has 0 bridgehead atoms. The predicted molar refractivity (Wildman–Crippen MR) is 113 cm³/mol. The Bertz CT molecular complexity index is 893. The van der Waals surface area contributed by atoms with Gasteiger partial charge in [0.05, 0.1) is 24.9 Å². The molecule has 2 N–H and O–H groups in total. The summed E-state index contributed by atoms with van der Waals surface area (Å²) in [6.45, 7) is 4.65. The second-order valence-corrected chi connectivity index (χ2v) is 6.76. The number of rotatable bonds is 8. The molecule has 28 heavy (non-hydrogen) atoms. The zero-order chi connectivity index (χ0) is 19.8. The molecule has 0 fully saturated rings. The summed E-state index contributed by atoms with van der Waals surface area (Å²) in [6.07, 6.45) is 1.92. The van der Waals surface area contributed by atoms with E-state index in [4.69, 9.17) is 4.74 Å². The Hall–Kier alpha value is -3.34. The molecule has 5 heteroatoms. The number of anilines is 3. The van der Waals surface area contributed by atoms with Crippen molar-refractivity contribution in [3.63, 3.8) is 0 Å². The molecule has 0 spiro atoms. The molecule has 1 amide bonds. The molecular formula is C23H25N3O2. The average Bonchev–Trinajstić information content (AvgIpc) is 2.70. The van der Waals surface area contributed by atoms with Crippen molar-refractivity contribution in [1.82, 2.24) is 4.98 Å². The van der Waals surface area contributed by atoms with E-state index in [0.717, 1.165) is 17.3 Å². The van der Waals surface area contributed by atoms with E-state index in [9.17, 15) is 4.79 Å². The highest BCUT2D eigenvalue weighted by Gasteiger charge is 2.07. The first-order valence-electron chi connectivity index (χ1n) is 9.41. The molecule has 0 aliphatic heterocycles. The standard InChI is InChI=1S/C23H25N3O2/c1-17(2)20-10-6-7-11-21(20)26-22-13-12-18(16-24-22)25-23(27)14-15-28-19-8-4-3-5-9-19/h3-13,16-17H,14-15H2,1-2H3,(H,24,26)(H,25,27). The van der Waals surface area contributed by atoms with Gasteiger partial charge in [-0.1, -0.05) is 50.2 Å². The van der Waals surface area contributed by atoms with Crippen LogP contribution < -0.4 is 15.4 Å². The lowest BCUT2D eigenvalue weighted by Gasteiger charge is -2.14. The molecule has 0 radical (unpaired) electrons. The van der Waals surface area contributed by atoms with Crippen molar-refractivity contribution < 1.29 is 9.53 Å². The number of hydrogen-bond donors (Lipinski definition) is 2. The zero-order valence-corrected chi connectivity index (χ0v) is 16.2. The van der Waals surface area contributed by atoms with E-state index >= 15 is 0 Å². The van der Waals surface area contributed by atoms with Crippen molar-refractivity contribution in [2.75, 3.05) is 17.2 Å². The summed E-state index contributed by atoms with van der Waals surface area (Å²) in [5, 5.41) is 6.18. The number of aromatic nitrogens is 1. The van der Waals surface area contributed by atoms with Gasteiger partial charge in [-0.15, -0.1) is 0 Å². The van der Waals surface area contributed by atoms with Gasteiger partial charge in [-0.3, -0.25) is 4.79 Å². The van der Waals surface area contributed by atoms with Crippen LogP contribution in [-0.4, -0.2) is 17.5 Å². The van der Waals surface area contributed by atoms with Crippen molar-refractivity contribution in [2.45, 2.75) is 26.2 Å². The van der Waals surface area contributed by atoms with Crippen LogP contribution in [0.3, 0.4) is 0 Å².